The van der Waals surface area contributed by atoms with Gasteiger partial charge in [0.05, 0.1) is 0 Å². The molecular weight excluding hydrogens is 468 g/mol. The van der Waals surface area contributed by atoms with Crippen LogP contribution in [0.1, 0.15) is 43.7 Å². The predicted octanol–water partition coefficient (Wildman–Crippen LogP) is 4.25. The molecule has 0 spiro atoms. The third-order valence-corrected chi connectivity index (χ3v) is 7.98. The Morgan fingerprint density at radius 3 is 2.57 bits per heavy atom. The molecule has 7 heteroatoms. The van der Waals surface area contributed by atoms with E-state index in [9.17, 15) is 19.8 Å². The van der Waals surface area contributed by atoms with Crippen LogP contribution in [0.25, 0.3) is 6.08 Å². The number of likely N-dealkylation sites (tertiary alicyclic amines) is 1. The van der Waals surface area contributed by atoms with Gasteiger partial charge in [-0.3, -0.25) is 14.5 Å². The van der Waals surface area contributed by atoms with E-state index in [1.54, 1.807) is 41.3 Å². The quantitative estimate of drug-likeness (QED) is 0.333. The van der Waals surface area contributed by atoms with E-state index >= 15 is 0 Å². The Bertz CT molecular complexity index is 1190. The largest absolute Gasteiger partial charge is 0.508 e. The standard InChI is InChI=1S/C30H36N2O5/c1-4-16-32-17-15-29(24-8-6-10-27(35)19-24)20-25(13-14-30(29,21-32)37-22(2)33)31(3)28(36)12-11-23-7-5-9-26(34)18-23/h4-12,18-19,25,34-35H,1,13-17,20-21H2,2-3H3/t25-,29+,30+/m1/s1. The molecule has 196 valence electrons. The molecule has 0 bridgehead atoms. The highest BCUT2D eigenvalue weighted by molar-refractivity contribution is 5.91. The van der Waals surface area contributed by atoms with Crippen LogP contribution in [0.15, 0.2) is 67.3 Å². The van der Waals surface area contributed by atoms with Crippen LogP contribution < -0.4 is 0 Å². The van der Waals surface area contributed by atoms with Crippen molar-refractivity contribution in [3.63, 3.8) is 0 Å². The van der Waals surface area contributed by atoms with Gasteiger partial charge in [-0.1, -0.05) is 30.3 Å². The van der Waals surface area contributed by atoms with Gasteiger partial charge in [-0.2, -0.15) is 0 Å². The highest BCUT2D eigenvalue weighted by atomic mass is 16.6. The fourth-order valence-electron chi connectivity index (χ4n) is 6.23. The monoisotopic (exact) mass is 504 g/mol. The first kappa shape index (κ1) is 26.5. The number of amides is 1. The van der Waals surface area contributed by atoms with Crippen molar-refractivity contribution in [2.24, 2.45) is 0 Å². The fraction of sp³-hybridized carbons (Fsp3) is 0.400. The average Bonchev–Trinajstić information content (AvgIpc) is 2.86. The minimum absolute atomic E-state index is 0.0849. The van der Waals surface area contributed by atoms with Crippen LogP contribution in [0, 0.1) is 0 Å². The van der Waals surface area contributed by atoms with Gasteiger partial charge in [-0.15, -0.1) is 6.58 Å². The highest BCUT2D eigenvalue weighted by Gasteiger charge is 2.61. The minimum Gasteiger partial charge on any atom is -0.508 e. The van der Waals surface area contributed by atoms with Gasteiger partial charge < -0.3 is 19.8 Å². The number of aromatic hydroxyl groups is 2. The van der Waals surface area contributed by atoms with E-state index in [1.165, 1.54) is 13.0 Å². The molecule has 2 aromatic rings. The molecule has 3 atom stereocenters. The molecule has 1 aliphatic heterocycles. The van der Waals surface area contributed by atoms with E-state index < -0.39 is 11.0 Å². The van der Waals surface area contributed by atoms with Crippen LogP contribution in [0.3, 0.4) is 0 Å². The third-order valence-electron chi connectivity index (χ3n) is 7.98. The Kier molecular flexibility index (Phi) is 7.73. The number of nitrogens with zero attached hydrogens (tertiary/aromatic N) is 2. The van der Waals surface area contributed by atoms with Crippen LogP contribution in [0.2, 0.25) is 0 Å². The second-order valence-corrected chi connectivity index (χ2v) is 10.3. The number of phenolic OH excluding ortho intramolecular Hbond substituents is 2. The molecule has 0 aromatic heterocycles. The molecule has 0 unspecified atom stereocenters. The van der Waals surface area contributed by atoms with Gasteiger partial charge in [-0.25, -0.2) is 0 Å². The van der Waals surface area contributed by atoms with Gasteiger partial charge in [0.15, 0.2) is 0 Å². The maximum absolute atomic E-state index is 13.2. The molecule has 4 rings (SSSR count). The van der Waals surface area contributed by atoms with E-state index in [2.05, 4.69) is 11.5 Å². The average molecular weight is 505 g/mol. The summed E-state index contributed by atoms with van der Waals surface area (Å²) in [4.78, 5) is 29.6. The second-order valence-electron chi connectivity index (χ2n) is 10.3. The lowest BCUT2D eigenvalue weighted by molar-refractivity contribution is -0.189. The van der Waals surface area contributed by atoms with Crippen molar-refractivity contribution in [2.45, 2.75) is 49.7 Å². The Morgan fingerprint density at radius 2 is 1.89 bits per heavy atom. The van der Waals surface area contributed by atoms with E-state index in [-0.39, 0.29) is 29.4 Å². The lowest BCUT2D eigenvalue weighted by Crippen LogP contribution is -2.68. The molecule has 1 saturated heterocycles. The molecule has 1 amide bonds. The SMILES string of the molecule is C=CCN1CC[C@@]2(c3cccc(O)c3)C[C@H](N(C)C(=O)C=Cc3cccc(O)c3)CC[C@]2(OC(C)=O)C1. The number of esters is 1. The summed E-state index contributed by atoms with van der Waals surface area (Å²) < 4.78 is 6.22. The van der Waals surface area contributed by atoms with Gasteiger partial charge in [-0.05, 0) is 73.7 Å². The summed E-state index contributed by atoms with van der Waals surface area (Å²) in [6, 6.07) is 13.9. The zero-order chi connectivity index (χ0) is 26.6. The number of hydrogen-bond donors (Lipinski definition) is 2. The molecule has 1 heterocycles. The number of benzene rings is 2. The van der Waals surface area contributed by atoms with Gasteiger partial charge >= 0.3 is 5.97 Å². The van der Waals surface area contributed by atoms with Crippen LogP contribution in [-0.4, -0.2) is 70.2 Å². The number of hydrogen-bond acceptors (Lipinski definition) is 6. The molecular formula is C30H36N2O5. The summed E-state index contributed by atoms with van der Waals surface area (Å²) in [6.07, 6.45) is 7.68. The van der Waals surface area contributed by atoms with Crippen molar-refractivity contribution in [3.8, 4) is 11.5 Å². The maximum atomic E-state index is 13.2. The van der Waals surface area contributed by atoms with Crippen LogP contribution >= 0.6 is 0 Å². The predicted molar refractivity (Wildman–Crippen MR) is 143 cm³/mol. The number of phenols is 2. The second kappa shape index (κ2) is 10.8. The van der Waals surface area contributed by atoms with E-state index in [0.717, 1.165) is 24.1 Å². The number of carbonyl (C=O) groups is 2. The molecule has 0 radical (unpaired) electrons. The normalized spacial score (nSPS) is 25.8. The number of rotatable bonds is 7. The Labute approximate surface area is 218 Å². The number of carbonyl (C=O) groups excluding carboxylic acids is 2. The molecule has 2 N–H and O–H groups in total. The molecule has 2 aromatic carbocycles. The van der Waals surface area contributed by atoms with Crippen molar-refractivity contribution in [3.05, 3.63) is 78.4 Å². The van der Waals surface area contributed by atoms with Crippen molar-refractivity contribution in [1.82, 2.24) is 9.80 Å². The first-order valence-corrected chi connectivity index (χ1v) is 12.7. The highest BCUT2D eigenvalue weighted by Crippen LogP contribution is 2.54. The smallest absolute Gasteiger partial charge is 0.303 e. The van der Waals surface area contributed by atoms with Gasteiger partial charge in [0.25, 0.3) is 0 Å². The topological polar surface area (TPSA) is 90.3 Å². The third kappa shape index (κ3) is 5.42. The maximum Gasteiger partial charge on any atom is 0.303 e. The summed E-state index contributed by atoms with van der Waals surface area (Å²) in [7, 11) is 1.81. The summed E-state index contributed by atoms with van der Waals surface area (Å²) in [5.41, 5.74) is 0.311. The zero-order valence-electron chi connectivity index (χ0n) is 21.6. The van der Waals surface area contributed by atoms with E-state index in [0.29, 0.717) is 32.4 Å². The number of ether oxygens (including phenoxy) is 1. The summed E-state index contributed by atoms with van der Waals surface area (Å²) in [5.74, 6) is -0.156. The summed E-state index contributed by atoms with van der Waals surface area (Å²) in [6.45, 7) is 7.37. The van der Waals surface area contributed by atoms with Crippen molar-refractivity contribution < 1.29 is 24.5 Å². The lowest BCUT2D eigenvalue weighted by Gasteiger charge is -2.60. The lowest BCUT2D eigenvalue weighted by atomic mass is 9.55. The number of piperidine rings is 1. The van der Waals surface area contributed by atoms with Crippen LogP contribution in [0.4, 0.5) is 0 Å². The number of fused-ring (bicyclic) bond motifs is 1. The minimum atomic E-state index is -0.786. The van der Waals surface area contributed by atoms with E-state index in [1.807, 2.05) is 31.3 Å². The molecule has 2 fully saturated rings. The van der Waals surface area contributed by atoms with Crippen molar-refractivity contribution in [2.75, 3.05) is 26.7 Å². The van der Waals surface area contributed by atoms with Crippen LogP contribution in [-0.2, 0) is 19.7 Å². The summed E-state index contributed by atoms with van der Waals surface area (Å²) >= 11 is 0. The van der Waals surface area contributed by atoms with Crippen LogP contribution in [0.5, 0.6) is 11.5 Å². The number of likely N-dealkylation sites (N-methyl/N-ethyl adjacent to an activating group) is 1. The molecule has 1 aliphatic carbocycles. The summed E-state index contributed by atoms with van der Waals surface area (Å²) in [5, 5.41) is 20.1. The first-order valence-electron chi connectivity index (χ1n) is 12.7. The Morgan fingerprint density at radius 1 is 1.16 bits per heavy atom. The van der Waals surface area contributed by atoms with Crippen molar-refractivity contribution in [1.29, 1.82) is 0 Å². The van der Waals surface area contributed by atoms with Gasteiger partial charge in [0.1, 0.15) is 17.1 Å². The Balaban J connectivity index is 1.67. The van der Waals surface area contributed by atoms with Gasteiger partial charge in [0, 0.05) is 44.6 Å². The molecule has 1 saturated carbocycles. The van der Waals surface area contributed by atoms with Crippen molar-refractivity contribution >= 4 is 18.0 Å². The Hall–Kier alpha value is -3.58. The molecule has 7 nitrogen and oxygen atoms in total. The molecule has 37 heavy (non-hydrogen) atoms. The zero-order valence-corrected chi connectivity index (χ0v) is 21.6. The first-order chi connectivity index (χ1) is 17.7. The van der Waals surface area contributed by atoms with E-state index in [4.69, 9.17) is 4.74 Å². The fourth-order valence-corrected chi connectivity index (χ4v) is 6.23. The van der Waals surface area contributed by atoms with Gasteiger partial charge in [0.2, 0.25) is 5.91 Å². The molecule has 2 aliphatic rings.